The van der Waals surface area contributed by atoms with Crippen molar-refractivity contribution in [1.29, 1.82) is 0 Å². The number of hydrogen-bond acceptors (Lipinski definition) is 3. The van der Waals surface area contributed by atoms with Crippen molar-refractivity contribution in [3.05, 3.63) is 28.8 Å². The van der Waals surface area contributed by atoms with Gasteiger partial charge in [-0.15, -0.1) is 0 Å². The summed E-state index contributed by atoms with van der Waals surface area (Å²) in [6.45, 7) is 5.27. The van der Waals surface area contributed by atoms with Crippen molar-refractivity contribution in [2.75, 3.05) is 7.11 Å². The molecule has 0 saturated heterocycles. The molecule has 0 heterocycles. The van der Waals surface area contributed by atoms with Crippen LogP contribution in [-0.2, 0) is 16.0 Å². The van der Waals surface area contributed by atoms with Gasteiger partial charge in [0.05, 0.1) is 13.5 Å². The summed E-state index contributed by atoms with van der Waals surface area (Å²) in [5.41, 5.74) is 0.0282. The average Bonchev–Trinajstić information content (AvgIpc) is 2.34. The summed E-state index contributed by atoms with van der Waals surface area (Å²) >= 11 is 5.90. The van der Waals surface area contributed by atoms with E-state index in [0.717, 1.165) is 0 Å². The van der Waals surface area contributed by atoms with Crippen LogP contribution in [0.25, 0.3) is 0 Å². The van der Waals surface area contributed by atoms with Crippen LogP contribution in [-0.4, -0.2) is 30.1 Å². The third-order valence-electron chi connectivity index (χ3n) is 3.01. The van der Waals surface area contributed by atoms with Crippen LogP contribution < -0.4 is 10.1 Å². The lowest BCUT2D eigenvalue weighted by Crippen LogP contribution is -2.49. The van der Waals surface area contributed by atoms with Gasteiger partial charge in [-0.05, 0) is 23.6 Å². The fourth-order valence-corrected chi connectivity index (χ4v) is 2.11. The molecular formula is C15H20ClNO4. The molecule has 0 aliphatic heterocycles. The third kappa shape index (κ3) is 4.93. The monoisotopic (exact) mass is 313 g/mol. The van der Waals surface area contributed by atoms with Gasteiger partial charge in [-0.1, -0.05) is 32.4 Å². The topological polar surface area (TPSA) is 75.6 Å². The van der Waals surface area contributed by atoms with E-state index in [2.05, 4.69) is 5.32 Å². The van der Waals surface area contributed by atoms with Gasteiger partial charge in [-0.2, -0.15) is 0 Å². The van der Waals surface area contributed by atoms with Crippen LogP contribution >= 0.6 is 11.6 Å². The maximum absolute atomic E-state index is 12.1. The van der Waals surface area contributed by atoms with Crippen LogP contribution in [0.5, 0.6) is 5.75 Å². The first-order valence-corrected chi connectivity index (χ1v) is 6.87. The van der Waals surface area contributed by atoms with Gasteiger partial charge < -0.3 is 15.2 Å². The molecule has 1 amide bonds. The summed E-state index contributed by atoms with van der Waals surface area (Å²) in [5.74, 6) is -0.913. The summed E-state index contributed by atoms with van der Waals surface area (Å²) in [6, 6.07) is 4.00. The van der Waals surface area contributed by atoms with Crippen LogP contribution in [0, 0.1) is 5.41 Å². The number of ether oxygens (including phenoxy) is 1. The Morgan fingerprint density at radius 1 is 1.38 bits per heavy atom. The maximum atomic E-state index is 12.1. The van der Waals surface area contributed by atoms with E-state index in [-0.39, 0.29) is 6.42 Å². The molecule has 2 N–H and O–H groups in total. The molecule has 0 saturated carbocycles. The molecule has 0 bridgehead atoms. The van der Waals surface area contributed by atoms with E-state index in [1.165, 1.54) is 7.11 Å². The molecule has 0 radical (unpaired) electrons. The number of hydrogen-bond donors (Lipinski definition) is 2. The van der Waals surface area contributed by atoms with E-state index in [1.54, 1.807) is 39.0 Å². The molecular weight excluding hydrogens is 294 g/mol. The molecule has 0 spiro atoms. The summed E-state index contributed by atoms with van der Waals surface area (Å²) in [5, 5.41) is 12.2. The lowest BCUT2D eigenvalue weighted by Gasteiger charge is -2.27. The van der Waals surface area contributed by atoms with Crippen molar-refractivity contribution < 1.29 is 19.4 Å². The van der Waals surface area contributed by atoms with Crippen molar-refractivity contribution in [1.82, 2.24) is 5.32 Å². The van der Waals surface area contributed by atoms with Crippen LogP contribution in [0.1, 0.15) is 26.3 Å². The Labute approximate surface area is 129 Å². The fraction of sp³-hybridized carbons (Fsp3) is 0.467. The van der Waals surface area contributed by atoms with Gasteiger partial charge in [-0.25, -0.2) is 4.79 Å². The predicted octanol–water partition coefficient (Wildman–Crippen LogP) is 2.51. The number of rotatable bonds is 5. The smallest absolute Gasteiger partial charge is 0.326 e. The number of benzene rings is 1. The second-order valence-corrected chi connectivity index (χ2v) is 6.27. The average molecular weight is 314 g/mol. The second-order valence-electron chi connectivity index (χ2n) is 5.84. The highest BCUT2D eigenvalue weighted by molar-refractivity contribution is 6.30. The molecule has 0 aliphatic carbocycles. The van der Waals surface area contributed by atoms with Crippen LogP contribution in [0.15, 0.2) is 18.2 Å². The largest absolute Gasteiger partial charge is 0.496 e. The van der Waals surface area contributed by atoms with Crippen LogP contribution in [0.2, 0.25) is 5.02 Å². The fourth-order valence-electron chi connectivity index (χ4n) is 1.92. The lowest BCUT2D eigenvalue weighted by atomic mass is 9.86. The Bertz CT molecular complexity index is 537. The van der Waals surface area contributed by atoms with E-state index in [1.807, 2.05) is 0 Å². The Morgan fingerprint density at radius 2 is 2.00 bits per heavy atom. The number of nitrogens with one attached hydrogen (secondary N) is 1. The number of carboxylic acids is 1. The lowest BCUT2D eigenvalue weighted by molar-refractivity contribution is -0.144. The molecule has 6 heteroatoms. The van der Waals surface area contributed by atoms with Crippen LogP contribution in [0.4, 0.5) is 0 Å². The molecule has 1 atom stereocenters. The minimum absolute atomic E-state index is 0.00356. The van der Waals surface area contributed by atoms with Gasteiger partial charge in [-0.3, -0.25) is 4.79 Å². The standard InChI is InChI=1S/C15H20ClNO4/c1-15(2,3)13(14(19)20)17-12(18)8-9-7-10(16)5-6-11(9)21-4/h5-7,13H,8H2,1-4H3,(H,17,18)(H,19,20)/t13-/m0/s1. The maximum Gasteiger partial charge on any atom is 0.326 e. The van der Waals surface area contributed by atoms with Crippen molar-refractivity contribution in [3.8, 4) is 5.75 Å². The van der Waals surface area contributed by atoms with Gasteiger partial charge >= 0.3 is 5.97 Å². The minimum Gasteiger partial charge on any atom is -0.496 e. The molecule has 0 aliphatic rings. The summed E-state index contributed by atoms with van der Waals surface area (Å²) in [4.78, 5) is 23.3. The number of carbonyl (C=O) groups is 2. The normalized spacial score (nSPS) is 12.6. The molecule has 1 rings (SSSR count). The van der Waals surface area contributed by atoms with Crippen molar-refractivity contribution in [2.24, 2.45) is 5.41 Å². The summed E-state index contributed by atoms with van der Waals surface area (Å²) in [6.07, 6.45) is 0.00356. The Morgan fingerprint density at radius 3 is 2.48 bits per heavy atom. The van der Waals surface area contributed by atoms with Gasteiger partial charge in [0.25, 0.3) is 0 Å². The zero-order valence-electron chi connectivity index (χ0n) is 12.6. The number of carboxylic acid groups (broad SMARTS) is 1. The Balaban J connectivity index is 2.86. The molecule has 5 nitrogen and oxygen atoms in total. The molecule has 1 aromatic carbocycles. The third-order valence-corrected chi connectivity index (χ3v) is 3.25. The highest BCUT2D eigenvalue weighted by atomic mass is 35.5. The zero-order chi connectivity index (χ0) is 16.2. The molecule has 21 heavy (non-hydrogen) atoms. The summed E-state index contributed by atoms with van der Waals surface area (Å²) < 4.78 is 5.17. The first kappa shape index (κ1) is 17.3. The number of amides is 1. The highest BCUT2D eigenvalue weighted by Gasteiger charge is 2.32. The molecule has 0 fully saturated rings. The van der Waals surface area contributed by atoms with Crippen molar-refractivity contribution in [3.63, 3.8) is 0 Å². The van der Waals surface area contributed by atoms with Crippen molar-refractivity contribution in [2.45, 2.75) is 33.2 Å². The van der Waals surface area contributed by atoms with Gasteiger partial charge in [0, 0.05) is 10.6 Å². The quantitative estimate of drug-likeness (QED) is 0.875. The number of carbonyl (C=O) groups excluding carboxylic acids is 1. The molecule has 0 aromatic heterocycles. The SMILES string of the molecule is COc1ccc(Cl)cc1CC(=O)N[C@@H](C(=O)O)C(C)(C)C. The minimum atomic E-state index is -1.06. The van der Waals surface area contributed by atoms with Crippen LogP contribution in [0.3, 0.4) is 0 Å². The van der Waals surface area contributed by atoms with Gasteiger partial charge in [0.2, 0.25) is 5.91 Å². The molecule has 0 unspecified atom stereocenters. The van der Waals surface area contributed by atoms with E-state index < -0.39 is 23.3 Å². The van der Waals surface area contributed by atoms with Gasteiger partial charge in [0.15, 0.2) is 0 Å². The second kappa shape index (κ2) is 6.80. The first-order chi connectivity index (χ1) is 9.65. The van der Waals surface area contributed by atoms with E-state index in [4.69, 9.17) is 16.3 Å². The first-order valence-electron chi connectivity index (χ1n) is 6.49. The molecule has 1 aromatic rings. The Kier molecular flexibility index (Phi) is 5.61. The molecule has 116 valence electrons. The summed E-state index contributed by atoms with van der Waals surface area (Å²) in [7, 11) is 1.50. The highest BCUT2D eigenvalue weighted by Crippen LogP contribution is 2.24. The Hall–Kier alpha value is -1.75. The number of halogens is 1. The van der Waals surface area contributed by atoms with Gasteiger partial charge in [0.1, 0.15) is 11.8 Å². The van der Waals surface area contributed by atoms with Crippen molar-refractivity contribution >= 4 is 23.5 Å². The van der Waals surface area contributed by atoms with E-state index in [0.29, 0.717) is 16.3 Å². The predicted molar refractivity (Wildman–Crippen MR) is 80.7 cm³/mol. The number of methoxy groups -OCH3 is 1. The van der Waals surface area contributed by atoms with E-state index >= 15 is 0 Å². The zero-order valence-corrected chi connectivity index (χ0v) is 13.3. The number of aliphatic carboxylic acids is 1. The van der Waals surface area contributed by atoms with E-state index in [9.17, 15) is 14.7 Å².